The molecule has 148 valence electrons. The lowest BCUT2D eigenvalue weighted by atomic mass is 9.81. The van der Waals surface area contributed by atoms with Gasteiger partial charge >= 0.3 is 0 Å². The zero-order valence-corrected chi connectivity index (χ0v) is 15.6. The smallest absolute Gasteiger partial charge is 0.227 e. The molecule has 0 atom stereocenters. The highest BCUT2D eigenvalue weighted by molar-refractivity contribution is 5.93. The van der Waals surface area contributed by atoms with Gasteiger partial charge in [0.05, 0.1) is 0 Å². The molecule has 1 saturated carbocycles. The quantitative estimate of drug-likeness (QED) is 0.786. The molecule has 4 nitrogen and oxygen atoms in total. The Balaban J connectivity index is 1.43. The molecule has 3 rings (SSSR count). The lowest BCUT2D eigenvalue weighted by Gasteiger charge is -2.27. The van der Waals surface area contributed by atoms with Gasteiger partial charge in [-0.25, -0.2) is 8.78 Å². The molecule has 0 radical (unpaired) electrons. The fourth-order valence-corrected chi connectivity index (χ4v) is 3.58. The number of amides is 2. The van der Waals surface area contributed by atoms with E-state index in [2.05, 4.69) is 10.6 Å². The van der Waals surface area contributed by atoms with E-state index in [1.54, 1.807) is 0 Å². The molecule has 0 saturated heterocycles. The van der Waals surface area contributed by atoms with Gasteiger partial charge in [-0.05, 0) is 49.8 Å². The molecule has 0 aromatic heterocycles. The summed E-state index contributed by atoms with van der Waals surface area (Å²) in [5.41, 5.74) is 0.761. The Labute approximate surface area is 163 Å². The summed E-state index contributed by atoms with van der Waals surface area (Å²) in [7, 11) is 0. The second-order valence-corrected chi connectivity index (χ2v) is 7.16. The molecular weight excluding hydrogens is 362 g/mol. The third-order valence-corrected chi connectivity index (χ3v) is 5.24. The lowest BCUT2D eigenvalue weighted by Crippen LogP contribution is -2.36. The van der Waals surface area contributed by atoms with Gasteiger partial charge in [-0.15, -0.1) is 0 Å². The van der Waals surface area contributed by atoms with E-state index < -0.39 is 23.2 Å². The number of benzene rings is 2. The number of rotatable bonds is 6. The summed E-state index contributed by atoms with van der Waals surface area (Å²) in [6, 6.07) is 13.4. The van der Waals surface area contributed by atoms with Crippen molar-refractivity contribution in [2.45, 2.75) is 32.1 Å². The van der Waals surface area contributed by atoms with Gasteiger partial charge in [-0.2, -0.15) is 0 Å². The van der Waals surface area contributed by atoms with Crippen molar-refractivity contribution < 1.29 is 18.4 Å². The number of carbonyl (C=O) groups excluding carboxylic acids is 2. The van der Waals surface area contributed by atoms with Gasteiger partial charge in [0.2, 0.25) is 11.8 Å². The summed E-state index contributed by atoms with van der Waals surface area (Å²) in [4.78, 5) is 24.7. The molecule has 2 aromatic rings. The number of halogens is 2. The Morgan fingerprint density at radius 2 is 1.39 bits per heavy atom. The van der Waals surface area contributed by atoms with Crippen LogP contribution in [0.2, 0.25) is 0 Å². The first kappa shape index (κ1) is 20.0. The molecule has 2 amide bonds. The molecule has 0 spiro atoms. The SMILES string of the molecule is O=C(NCCc1ccccc1)C1CCC(C(=O)Nc2c(F)cccc2F)CC1. The van der Waals surface area contributed by atoms with Crippen LogP contribution in [0.5, 0.6) is 0 Å². The minimum Gasteiger partial charge on any atom is -0.356 e. The van der Waals surface area contributed by atoms with E-state index in [1.807, 2.05) is 30.3 Å². The van der Waals surface area contributed by atoms with Gasteiger partial charge in [0, 0.05) is 18.4 Å². The van der Waals surface area contributed by atoms with Gasteiger partial charge < -0.3 is 10.6 Å². The van der Waals surface area contributed by atoms with E-state index >= 15 is 0 Å². The van der Waals surface area contributed by atoms with Crippen LogP contribution < -0.4 is 10.6 Å². The topological polar surface area (TPSA) is 58.2 Å². The summed E-state index contributed by atoms with van der Waals surface area (Å²) in [6.07, 6.45) is 3.01. The van der Waals surface area contributed by atoms with Crippen LogP contribution in [0.1, 0.15) is 31.2 Å². The minimum absolute atomic E-state index is 0.00920. The summed E-state index contributed by atoms with van der Waals surface area (Å²) < 4.78 is 27.4. The highest BCUT2D eigenvalue weighted by Crippen LogP contribution is 2.30. The molecule has 0 heterocycles. The molecule has 1 fully saturated rings. The van der Waals surface area contributed by atoms with Crippen molar-refractivity contribution >= 4 is 17.5 Å². The molecule has 1 aliphatic rings. The first-order chi connectivity index (χ1) is 13.5. The van der Waals surface area contributed by atoms with Crippen LogP contribution in [-0.2, 0) is 16.0 Å². The number of hydrogen-bond donors (Lipinski definition) is 2. The number of hydrogen-bond acceptors (Lipinski definition) is 2. The van der Waals surface area contributed by atoms with Crippen LogP contribution in [0.15, 0.2) is 48.5 Å². The molecule has 2 aromatic carbocycles. The zero-order chi connectivity index (χ0) is 19.9. The average molecular weight is 386 g/mol. The fourth-order valence-electron chi connectivity index (χ4n) is 3.58. The monoisotopic (exact) mass is 386 g/mol. The molecule has 6 heteroatoms. The van der Waals surface area contributed by atoms with E-state index in [4.69, 9.17) is 0 Å². The Morgan fingerprint density at radius 3 is 2.00 bits per heavy atom. The van der Waals surface area contributed by atoms with Crippen molar-refractivity contribution in [3.63, 3.8) is 0 Å². The minimum atomic E-state index is -0.792. The van der Waals surface area contributed by atoms with Crippen molar-refractivity contribution in [2.75, 3.05) is 11.9 Å². The maximum Gasteiger partial charge on any atom is 0.227 e. The van der Waals surface area contributed by atoms with Crippen molar-refractivity contribution in [1.29, 1.82) is 0 Å². The van der Waals surface area contributed by atoms with Crippen LogP contribution in [0.25, 0.3) is 0 Å². The van der Waals surface area contributed by atoms with Crippen LogP contribution in [0, 0.1) is 23.5 Å². The van der Waals surface area contributed by atoms with Crippen LogP contribution >= 0.6 is 0 Å². The Kier molecular flexibility index (Phi) is 6.74. The summed E-state index contributed by atoms with van der Waals surface area (Å²) in [5.74, 6) is -2.43. The standard InChI is InChI=1S/C22H24F2N2O2/c23-18-7-4-8-19(24)20(18)26-22(28)17-11-9-16(10-12-17)21(27)25-14-13-15-5-2-1-3-6-15/h1-8,16-17H,9-14H2,(H,25,27)(H,26,28). The predicted molar refractivity (Wildman–Crippen MR) is 104 cm³/mol. The lowest BCUT2D eigenvalue weighted by molar-refractivity contribution is -0.128. The molecule has 0 unspecified atom stereocenters. The molecule has 0 aliphatic heterocycles. The van der Waals surface area contributed by atoms with Gasteiger partial charge in [0.1, 0.15) is 17.3 Å². The normalized spacial score (nSPS) is 19.1. The molecule has 2 N–H and O–H groups in total. The van der Waals surface area contributed by atoms with Crippen molar-refractivity contribution in [3.8, 4) is 0 Å². The van der Waals surface area contributed by atoms with Gasteiger partial charge in [0.25, 0.3) is 0 Å². The van der Waals surface area contributed by atoms with E-state index in [0.717, 1.165) is 18.6 Å². The number of carbonyl (C=O) groups is 2. The van der Waals surface area contributed by atoms with E-state index in [1.165, 1.54) is 11.6 Å². The van der Waals surface area contributed by atoms with E-state index in [0.29, 0.717) is 32.2 Å². The Hall–Kier alpha value is -2.76. The third-order valence-electron chi connectivity index (χ3n) is 5.24. The fraction of sp³-hybridized carbons (Fsp3) is 0.364. The van der Waals surface area contributed by atoms with Crippen LogP contribution in [0.4, 0.5) is 14.5 Å². The molecule has 0 bridgehead atoms. The van der Waals surface area contributed by atoms with Crippen LogP contribution in [0.3, 0.4) is 0 Å². The highest BCUT2D eigenvalue weighted by Gasteiger charge is 2.30. The summed E-state index contributed by atoms with van der Waals surface area (Å²) >= 11 is 0. The second kappa shape index (κ2) is 9.44. The largest absolute Gasteiger partial charge is 0.356 e. The van der Waals surface area contributed by atoms with E-state index in [-0.39, 0.29) is 17.7 Å². The van der Waals surface area contributed by atoms with Crippen LogP contribution in [-0.4, -0.2) is 18.4 Å². The van der Waals surface area contributed by atoms with E-state index in [9.17, 15) is 18.4 Å². The summed E-state index contributed by atoms with van der Waals surface area (Å²) in [5, 5.41) is 5.32. The van der Waals surface area contributed by atoms with Gasteiger partial charge in [0.15, 0.2) is 0 Å². The molecule has 28 heavy (non-hydrogen) atoms. The number of nitrogens with one attached hydrogen (secondary N) is 2. The molecular formula is C22H24F2N2O2. The maximum atomic E-state index is 13.7. The Morgan fingerprint density at radius 1 is 0.821 bits per heavy atom. The van der Waals surface area contributed by atoms with Crippen molar-refractivity contribution in [3.05, 3.63) is 65.7 Å². The third kappa shape index (κ3) is 5.15. The predicted octanol–water partition coefficient (Wildman–Crippen LogP) is 4.07. The van der Waals surface area contributed by atoms with Gasteiger partial charge in [-0.1, -0.05) is 36.4 Å². The summed E-state index contributed by atoms with van der Waals surface area (Å²) in [6.45, 7) is 0.579. The first-order valence-corrected chi connectivity index (χ1v) is 9.61. The van der Waals surface area contributed by atoms with Crippen molar-refractivity contribution in [1.82, 2.24) is 5.32 Å². The highest BCUT2D eigenvalue weighted by atomic mass is 19.1. The molecule has 1 aliphatic carbocycles. The van der Waals surface area contributed by atoms with Crippen molar-refractivity contribution in [2.24, 2.45) is 11.8 Å². The van der Waals surface area contributed by atoms with Gasteiger partial charge in [-0.3, -0.25) is 9.59 Å². The first-order valence-electron chi connectivity index (χ1n) is 9.61. The Bertz CT molecular complexity index is 798. The zero-order valence-electron chi connectivity index (χ0n) is 15.6. The second-order valence-electron chi connectivity index (χ2n) is 7.16. The number of anilines is 1. The average Bonchev–Trinajstić information content (AvgIpc) is 2.71. The maximum absolute atomic E-state index is 13.7. The number of para-hydroxylation sites is 1.